The third-order valence-electron chi connectivity index (χ3n) is 2.81. The predicted octanol–water partition coefficient (Wildman–Crippen LogP) is 3.11. The molecular formula is C14H14BrFN2O2S. The summed E-state index contributed by atoms with van der Waals surface area (Å²) in [5.41, 5.74) is 0.726. The molecule has 0 saturated carbocycles. The molecule has 0 spiro atoms. The number of rotatable bonds is 5. The molecular weight excluding hydrogens is 359 g/mol. The van der Waals surface area contributed by atoms with Crippen LogP contribution in [0.1, 0.15) is 5.56 Å². The van der Waals surface area contributed by atoms with E-state index in [0.29, 0.717) is 15.7 Å². The van der Waals surface area contributed by atoms with Gasteiger partial charge in [-0.25, -0.2) is 12.8 Å². The number of halogens is 2. The minimum absolute atomic E-state index is 0.0184. The van der Waals surface area contributed by atoms with E-state index in [1.807, 2.05) is 0 Å². The van der Waals surface area contributed by atoms with Crippen LogP contribution in [0.4, 0.5) is 10.1 Å². The van der Waals surface area contributed by atoms with E-state index in [9.17, 15) is 12.8 Å². The largest absolute Gasteiger partial charge is 0.316 e. The lowest BCUT2D eigenvalue weighted by Gasteiger charge is -2.11. The molecule has 112 valence electrons. The smallest absolute Gasteiger partial charge is 0.261 e. The molecule has 0 heterocycles. The van der Waals surface area contributed by atoms with Gasteiger partial charge in [0, 0.05) is 16.6 Å². The van der Waals surface area contributed by atoms with E-state index >= 15 is 0 Å². The van der Waals surface area contributed by atoms with Crippen molar-refractivity contribution < 1.29 is 12.8 Å². The summed E-state index contributed by atoms with van der Waals surface area (Å²) < 4.78 is 41.4. The Morgan fingerprint density at radius 2 is 1.90 bits per heavy atom. The van der Waals surface area contributed by atoms with Crippen molar-refractivity contribution in [3.05, 3.63) is 58.3 Å². The second-order valence-electron chi connectivity index (χ2n) is 4.37. The number of benzene rings is 2. The molecule has 2 N–H and O–H groups in total. The Balaban J connectivity index is 2.36. The van der Waals surface area contributed by atoms with Gasteiger partial charge in [0.25, 0.3) is 10.0 Å². The summed E-state index contributed by atoms with van der Waals surface area (Å²) in [6, 6.07) is 10.6. The van der Waals surface area contributed by atoms with Crippen LogP contribution in [0.5, 0.6) is 0 Å². The van der Waals surface area contributed by atoms with Crippen LogP contribution in [-0.4, -0.2) is 15.5 Å². The zero-order chi connectivity index (χ0) is 15.5. The van der Waals surface area contributed by atoms with Crippen molar-refractivity contribution in [1.29, 1.82) is 0 Å². The van der Waals surface area contributed by atoms with Gasteiger partial charge in [0.1, 0.15) is 5.82 Å². The highest BCUT2D eigenvalue weighted by atomic mass is 79.9. The summed E-state index contributed by atoms with van der Waals surface area (Å²) in [5, 5.41) is 2.80. The Bertz CT molecular complexity index is 750. The fourth-order valence-electron chi connectivity index (χ4n) is 1.79. The average Bonchev–Trinajstić information content (AvgIpc) is 2.44. The standard InChI is InChI=1S/C14H14BrFN2O2S/c1-17-9-10-8-11(6-7-13(10)16)21(19,20)18-14-5-3-2-4-12(14)15/h2-8,17-18H,9H2,1H3. The van der Waals surface area contributed by atoms with Crippen LogP contribution in [0.15, 0.2) is 51.8 Å². The van der Waals surface area contributed by atoms with E-state index < -0.39 is 15.8 Å². The molecule has 0 aromatic heterocycles. The molecule has 0 aliphatic carbocycles. The Morgan fingerprint density at radius 3 is 2.57 bits per heavy atom. The number of sulfonamides is 1. The molecule has 0 fully saturated rings. The van der Waals surface area contributed by atoms with Crippen molar-refractivity contribution in [3.8, 4) is 0 Å². The lowest BCUT2D eigenvalue weighted by atomic mass is 10.2. The van der Waals surface area contributed by atoms with Gasteiger partial charge in [0.2, 0.25) is 0 Å². The average molecular weight is 373 g/mol. The molecule has 2 rings (SSSR count). The van der Waals surface area contributed by atoms with Crippen molar-refractivity contribution >= 4 is 31.6 Å². The monoisotopic (exact) mass is 372 g/mol. The fraction of sp³-hybridized carbons (Fsp3) is 0.143. The Kier molecular flexibility index (Phi) is 4.97. The van der Waals surface area contributed by atoms with Crippen LogP contribution in [-0.2, 0) is 16.6 Å². The van der Waals surface area contributed by atoms with Gasteiger partial charge in [-0.3, -0.25) is 4.72 Å². The molecule has 0 unspecified atom stereocenters. The van der Waals surface area contributed by atoms with Crippen LogP contribution in [0.25, 0.3) is 0 Å². The number of hydrogen-bond acceptors (Lipinski definition) is 3. The molecule has 0 radical (unpaired) electrons. The quantitative estimate of drug-likeness (QED) is 0.847. The van der Waals surface area contributed by atoms with Crippen molar-refractivity contribution in [1.82, 2.24) is 5.32 Å². The summed E-state index contributed by atoms with van der Waals surface area (Å²) in [6.07, 6.45) is 0. The van der Waals surface area contributed by atoms with E-state index in [1.165, 1.54) is 12.1 Å². The van der Waals surface area contributed by atoms with Gasteiger partial charge in [-0.05, 0) is 53.3 Å². The molecule has 2 aromatic carbocycles. The van der Waals surface area contributed by atoms with Gasteiger partial charge < -0.3 is 5.32 Å². The van der Waals surface area contributed by atoms with Gasteiger partial charge in [0.05, 0.1) is 10.6 Å². The minimum atomic E-state index is -3.77. The predicted molar refractivity (Wildman–Crippen MR) is 84.1 cm³/mol. The first-order valence-electron chi connectivity index (χ1n) is 6.14. The number of para-hydroxylation sites is 1. The molecule has 0 amide bonds. The molecule has 0 saturated heterocycles. The van der Waals surface area contributed by atoms with Gasteiger partial charge in [0.15, 0.2) is 0 Å². The highest BCUT2D eigenvalue weighted by Gasteiger charge is 2.17. The Hall–Kier alpha value is -1.44. The number of hydrogen-bond donors (Lipinski definition) is 2. The van der Waals surface area contributed by atoms with Crippen molar-refractivity contribution in [3.63, 3.8) is 0 Å². The molecule has 4 nitrogen and oxygen atoms in total. The van der Waals surface area contributed by atoms with Crippen molar-refractivity contribution in [2.45, 2.75) is 11.4 Å². The highest BCUT2D eigenvalue weighted by Crippen LogP contribution is 2.25. The van der Waals surface area contributed by atoms with Gasteiger partial charge in [-0.2, -0.15) is 0 Å². The zero-order valence-corrected chi connectivity index (χ0v) is 13.6. The molecule has 0 aliphatic heterocycles. The molecule has 21 heavy (non-hydrogen) atoms. The van der Waals surface area contributed by atoms with Crippen LogP contribution in [0, 0.1) is 5.82 Å². The van der Waals surface area contributed by atoms with E-state index in [1.54, 1.807) is 31.3 Å². The Labute approximate surface area is 131 Å². The summed E-state index contributed by atoms with van der Waals surface area (Å²) in [7, 11) is -2.10. The Morgan fingerprint density at radius 1 is 1.19 bits per heavy atom. The summed E-state index contributed by atoms with van der Waals surface area (Å²) in [5.74, 6) is -0.441. The zero-order valence-electron chi connectivity index (χ0n) is 11.2. The SMILES string of the molecule is CNCc1cc(S(=O)(=O)Nc2ccccc2Br)ccc1F. The molecule has 0 bridgehead atoms. The van der Waals surface area contributed by atoms with E-state index in [4.69, 9.17) is 0 Å². The molecule has 2 aromatic rings. The van der Waals surface area contributed by atoms with Crippen LogP contribution in [0.2, 0.25) is 0 Å². The van der Waals surface area contributed by atoms with Crippen LogP contribution < -0.4 is 10.0 Å². The van der Waals surface area contributed by atoms with Gasteiger partial charge >= 0.3 is 0 Å². The fourth-order valence-corrected chi connectivity index (χ4v) is 3.44. The van der Waals surface area contributed by atoms with Crippen molar-refractivity contribution in [2.24, 2.45) is 0 Å². The van der Waals surface area contributed by atoms with Crippen LogP contribution >= 0.6 is 15.9 Å². The first-order chi connectivity index (χ1) is 9.94. The van der Waals surface area contributed by atoms with E-state index in [2.05, 4.69) is 26.0 Å². The maximum absolute atomic E-state index is 13.6. The third kappa shape index (κ3) is 3.81. The third-order valence-corrected chi connectivity index (χ3v) is 4.87. The van der Waals surface area contributed by atoms with Crippen LogP contribution in [0.3, 0.4) is 0 Å². The second-order valence-corrected chi connectivity index (χ2v) is 6.91. The highest BCUT2D eigenvalue weighted by molar-refractivity contribution is 9.10. The van der Waals surface area contributed by atoms with E-state index in [-0.39, 0.29) is 11.4 Å². The lowest BCUT2D eigenvalue weighted by Crippen LogP contribution is -2.15. The normalized spacial score (nSPS) is 11.4. The van der Waals surface area contributed by atoms with Gasteiger partial charge in [-0.1, -0.05) is 12.1 Å². The summed E-state index contributed by atoms with van der Waals surface area (Å²) >= 11 is 3.28. The number of anilines is 1. The lowest BCUT2D eigenvalue weighted by molar-refractivity contribution is 0.592. The summed E-state index contributed by atoms with van der Waals surface area (Å²) in [6.45, 7) is 0.254. The van der Waals surface area contributed by atoms with E-state index in [0.717, 1.165) is 6.07 Å². The first kappa shape index (κ1) is 15.9. The minimum Gasteiger partial charge on any atom is -0.316 e. The topological polar surface area (TPSA) is 58.2 Å². The first-order valence-corrected chi connectivity index (χ1v) is 8.42. The molecule has 0 aliphatic rings. The maximum Gasteiger partial charge on any atom is 0.261 e. The summed E-state index contributed by atoms with van der Waals surface area (Å²) in [4.78, 5) is 0.0184. The number of nitrogens with one attached hydrogen (secondary N) is 2. The maximum atomic E-state index is 13.6. The molecule has 0 atom stereocenters. The van der Waals surface area contributed by atoms with Gasteiger partial charge in [-0.15, -0.1) is 0 Å². The second kappa shape index (κ2) is 6.55. The van der Waals surface area contributed by atoms with Crippen molar-refractivity contribution in [2.75, 3.05) is 11.8 Å². The molecule has 7 heteroatoms.